The first-order valence-corrected chi connectivity index (χ1v) is 5.92. The Hall–Kier alpha value is -2.14. The van der Waals surface area contributed by atoms with E-state index in [0.717, 1.165) is 5.56 Å². The molecule has 0 aliphatic heterocycles. The van der Waals surface area contributed by atoms with Crippen molar-refractivity contribution >= 4 is 17.6 Å². The van der Waals surface area contributed by atoms with E-state index in [-0.39, 0.29) is 0 Å². The van der Waals surface area contributed by atoms with Crippen molar-refractivity contribution in [2.45, 2.75) is 19.4 Å². The average Bonchev–Trinajstić information content (AvgIpc) is 2.36. The maximum absolute atomic E-state index is 12.1. The molecule has 19 heavy (non-hydrogen) atoms. The number of nitrogens with zero attached hydrogens (tertiary/aromatic N) is 1. The van der Waals surface area contributed by atoms with Gasteiger partial charge in [-0.2, -0.15) is 0 Å². The highest BCUT2D eigenvalue weighted by atomic mass is 16.4. The zero-order valence-corrected chi connectivity index (χ0v) is 10.9. The van der Waals surface area contributed by atoms with Gasteiger partial charge in [0, 0.05) is 5.69 Å². The summed E-state index contributed by atoms with van der Waals surface area (Å²) in [5.74, 6) is -1.51. The van der Waals surface area contributed by atoms with Crippen molar-refractivity contribution in [3.05, 3.63) is 42.5 Å². The first kappa shape index (κ1) is 14.9. The number of anilines is 1. The normalized spacial score (nSPS) is 11.7. The van der Waals surface area contributed by atoms with Gasteiger partial charge in [-0.25, -0.2) is 0 Å². The summed E-state index contributed by atoms with van der Waals surface area (Å²) in [4.78, 5) is 24.2. The lowest BCUT2D eigenvalue weighted by Crippen LogP contribution is -2.46. The van der Waals surface area contributed by atoms with Gasteiger partial charge in [-0.15, -0.1) is 6.58 Å². The summed E-state index contributed by atoms with van der Waals surface area (Å²) in [6, 6.07) is 6.26. The molecule has 5 nitrogen and oxygen atoms in total. The summed E-state index contributed by atoms with van der Waals surface area (Å²) in [7, 11) is 0. The topological polar surface area (TPSA) is 83.6 Å². The molecule has 0 aromatic heterocycles. The van der Waals surface area contributed by atoms with Crippen molar-refractivity contribution in [2.75, 3.05) is 11.4 Å². The molecule has 1 aromatic rings. The second-order valence-electron chi connectivity index (χ2n) is 4.28. The number of rotatable bonds is 6. The van der Waals surface area contributed by atoms with Crippen molar-refractivity contribution in [2.24, 2.45) is 5.73 Å². The number of hydrogen-bond acceptors (Lipinski definition) is 3. The van der Waals surface area contributed by atoms with Crippen molar-refractivity contribution in [1.82, 2.24) is 0 Å². The SMILES string of the molecule is C=CCC(N)C(=O)N(CC(=O)O)c1ccc(C)cc1. The Kier molecular flexibility index (Phi) is 5.26. The monoisotopic (exact) mass is 262 g/mol. The second-order valence-corrected chi connectivity index (χ2v) is 4.28. The van der Waals surface area contributed by atoms with Crippen LogP contribution in [0, 0.1) is 6.92 Å². The minimum atomic E-state index is -1.08. The zero-order chi connectivity index (χ0) is 14.4. The van der Waals surface area contributed by atoms with Crippen molar-refractivity contribution in [1.29, 1.82) is 0 Å². The maximum Gasteiger partial charge on any atom is 0.323 e. The molecular weight excluding hydrogens is 244 g/mol. The van der Waals surface area contributed by atoms with E-state index in [1.165, 1.54) is 11.0 Å². The molecule has 0 aliphatic rings. The van der Waals surface area contributed by atoms with Gasteiger partial charge < -0.3 is 10.8 Å². The Morgan fingerprint density at radius 1 is 1.42 bits per heavy atom. The quantitative estimate of drug-likeness (QED) is 0.757. The van der Waals surface area contributed by atoms with Crippen LogP contribution >= 0.6 is 0 Å². The predicted octanol–water partition coefficient (Wildman–Crippen LogP) is 1.32. The number of amides is 1. The number of carbonyl (C=O) groups excluding carboxylic acids is 1. The number of carboxylic acids is 1. The van der Waals surface area contributed by atoms with Crippen LogP contribution in [0.3, 0.4) is 0 Å². The number of hydrogen-bond donors (Lipinski definition) is 2. The smallest absolute Gasteiger partial charge is 0.323 e. The number of carbonyl (C=O) groups is 2. The number of nitrogens with two attached hydrogens (primary N) is 1. The van der Waals surface area contributed by atoms with E-state index in [4.69, 9.17) is 10.8 Å². The highest BCUT2D eigenvalue weighted by Gasteiger charge is 2.23. The molecule has 1 aromatic carbocycles. The molecule has 3 N–H and O–H groups in total. The van der Waals surface area contributed by atoms with Crippen molar-refractivity contribution in [3.8, 4) is 0 Å². The van der Waals surface area contributed by atoms with E-state index in [1.54, 1.807) is 12.1 Å². The molecule has 0 spiro atoms. The largest absolute Gasteiger partial charge is 0.480 e. The van der Waals surface area contributed by atoms with Gasteiger partial charge in [0.1, 0.15) is 6.54 Å². The zero-order valence-electron chi connectivity index (χ0n) is 10.9. The number of aliphatic carboxylic acids is 1. The summed E-state index contributed by atoms with van der Waals surface area (Å²) in [5.41, 5.74) is 7.27. The number of aryl methyl sites for hydroxylation is 1. The van der Waals surface area contributed by atoms with Gasteiger partial charge in [0.15, 0.2) is 0 Å². The van der Waals surface area contributed by atoms with Crippen LogP contribution in [0.2, 0.25) is 0 Å². The van der Waals surface area contributed by atoms with Gasteiger partial charge in [-0.05, 0) is 25.5 Å². The van der Waals surface area contributed by atoms with Gasteiger partial charge in [0.2, 0.25) is 5.91 Å². The Labute approximate surface area is 112 Å². The Morgan fingerprint density at radius 3 is 2.47 bits per heavy atom. The molecule has 0 bridgehead atoms. The fraction of sp³-hybridized carbons (Fsp3) is 0.286. The van der Waals surface area contributed by atoms with Crippen LogP contribution in [0.15, 0.2) is 36.9 Å². The number of carboxylic acid groups (broad SMARTS) is 1. The second kappa shape index (κ2) is 6.70. The summed E-state index contributed by atoms with van der Waals surface area (Å²) in [6.07, 6.45) is 1.84. The van der Waals surface area contributed by atoms with Crippen LogP contribution in [0.1, 0.15) is 12.0 Å². The average molecular weight is 262 g/mol. The standard InChI is InChI=1S/C14H18N2O3/c1-3-4-12(15)14(19)16(9-13(17)18)11-7-5-10(2)6-8-11/h3,5-8,12H,1,4,9,15H2,2H3,(H,17,18). The highest BCUT2D eigenvalue weighted by molar-refractivity contribution is 6.00. The van der Waals surface area contributed by atoms with Gasteiger partial charge in [-0.1, -0.05) is 23.8 Å². The van der Waals surface area contributed by atoms with Crippen LogP contribution in [0.4, 0.5) is 5.69 Å². The minimum Gasteiger partial charge on any atom is -0.480 e. The van der Waals surface area contributed by atoms with E-state index in [9.17, 15) is 9.59 Å². The van der Waals surface area contributed by atoms with Gasteiger partial charge >= 0.3 is 5.97 Å². The Bertz CT molecular complexity index is 468. The predicted molar refractivity (Wildman–Crippen MR) is 74.0 cm³/mol. The van der Waals surface area contributed by atoms with Gasteiger partial charge in [0.05, 0.1) is 6.04 Å². The van der Waals surface area contributed by atoms with Crippen LogP contribution in [0.25, 0.3) is 0 Å². The van der Waals surface area contributed by atoms with Crippen LogP contribution in [-0.4, -0.2) is 29.6 Å². The first-order valence-electron chi connectivity index (χ1n) is 5.92. The maximum atomic E-state index is 12.1. The lowest BCUT2D eigenvalue weighted by molar-refractivity contribution is -0.136. The van der Waals surface area contributed by atoms with Crippen LogP contribution < -0.4 is 10.6 Å². The van der Waals surface area contributed by atoms with Gasteiger partial charge in [0.25, 0.3) is 0 Å². The molecule has 1 unspecified atom stereocenters. The fourth-order valence-corrected chi connectivity index (χ4v) is 1.64. The Morgan fingerprint density at radius 2 is 2.00 bits per heavy atom. The fourth-order valence-electron chi connectivity index (χ4n) is 1.64. The summed E-state index contributed by atoms with van der Waals surface area (Å²) in [5, 5.41) is 8.91. The molecule has 0 saturated heterocycles. The summed E-state index contributed by atoms with van der Waals surface area (Å²) in [6.45, 7) is 5.02. The first-order chi connectivity index (χ1) is 8.95. The third kappa shape index (κ3) is 4.22. The molecular formula is C14H18N2O3. The molecule has 0 fully saturated rings. The van der Waals surface area contributed by atoms with Gasteiger partial charge in [-0.3, -0.25) is 14.5 Å². The van der Waals surface area contributed by atoms with Crippen LogP contribution in [0.5, 0.6) is 0 Å². The molecule has 0 aliphatic carbocycles. The molecule has 0 saturated carbocycles. The molecule has 0 radical (unpaired) electrons. The Balaban J connectivity index is 3.00. The van der Waals surface area contributed by atoms with Crippen LogP contribution in [-0.2, 0) is 9.59 Å². The molecule has 5 heteroatoms. The van der Waals surface area contributed by atoms with E-state index >= 15 is 0 Å². The lowest BCUT2D eigenvalue weighted by Gasteiger charge is -2.23. The van der Waals surface area contributed by atoms with E-state index in [0.29, 0.717) is 12.1 Å². The molecule has 1 atom stereocenters. The molecule has 1 amide bonds. The van der Waals surface area contributed by atoms with E-state index < -0.39 is 24.5 Å². The molecule has 0 heterocycles. The summed E-state index contributed by atoms with van der Waals surface area (Å²) < 4.78 is 0. The van der Waals surface area contributed by atoms with Crippen molar-refractivity contribution in [3.63, 3.8) is 0 Å². The molecule has 1 rings (SSSR count). The van der Waals surface area contributed by atoms with Crippen molar-refractivity contribution < 1.29 is 14.7 Å². The van der Waals surface area contributed by atoms with E-state index in [2.05, 4.69) is 6.58 Å². The lowest BCUT2D eigenvalue weighted by atomic mass is 10.1. The molecule has 102 valence electrons. The summed E-state index contributed by atoms with van der Waals surface area (Å²) >= 11 is 0. The number of benzene rings is 1. The highest BCUT2D eigenvalue weighted by Crippen LogP contribution is 2.16. The minimum absolute atomic E-state index is 0.306. The van der Waals surface area contributed by atoms with E-state index in [1.807, 2.05) is 19.1 Å². The third-order valence-electron chi connectivity index (χ3n) is 2.64. The third-order valence-corrected chi connectivity index (χ3v) is 2.64.